The molecule has 5 rings (SSSR count). The van der Waals surface area contributed by atoms with Gasteiger partial charge in [-0.1, -0.05) is 20.3 Å². The maximum Gasteiger partial charge on any atom is 0.311 e. The van der Waals surface area contributed by atoms with Crippen molar-refractivity contribution in [3.63, 3.8) is 0 Å². The molecule has 0 unspecified atom stereocenters. The number of carbonyl (C=O) groups is 2. The number of hydrogen-bond acceptors (Lipinski definition) is 6. The van der Waals surface area contributed by atoms with E-state index in [1.165, 1.54) is 19.3 Å². The summed E-state index contributed by atoms with van der Waals surface area (Å²) in [7, 11) is 0. The van der Waals surface area contributed by atoms with E-state index in [2.05, 4.69) is 18.7 Å². The number of fused-ring (bicyclic) bond motifs is 2. The SMILES string of the molecule is CCOC(=O)[C@@H]1CCCN(C[C@@H]2C(=O)O[C@@H]3C[C@@]4(C)CCC[C@H](C)[C@@]45O[C@@H]5[C@H]23)C1. The summed E-state index contributed by atoms with van der Waals surface area (Å²) < 4.78 is 17.7. The Morgan fingerprint density at radius 3 is 2.93 bits per heavy atom. The molecule has 6 nitrogen and oxygen atoms in total. The standard InChI is InChI=1S/C23H35NO5/c1-4-27-20(25)15-8-6-10-24(12-15)13-16-18-17(28-21(16)26)11-22(3)9-5-7-14(2)23(22)19(18)29-23/h14-19H,4-13H2,1-3H3/t14-,15+,16-,17+,18+,19+,22+,23-/m0/s1. The van der Waals surface area contributed by atoms with Crippen molar-refractivity contribution in [2.24, 2.45) is 29.1 Å². The Balaban J connectivity index is 1.31. The number of epoxide rings is 1. The predicted molar refractivity (Wildman–Crippen MR) is 106 cm³/mol. The molecular weight excluding hydrogens is 370 g/mol. The van der Waals surface area contributed by atoms with Crippen molar-refractivity contribution in [3.8, 4) is 0 Å². The molecule has 5 aliphatic rings. The monoisotopic (exact) mass is 405 g/mol. The van der Waals surface area contributed by atoms with Crippen LogP contribution in [-0.2, 0) is 23.8 Å². The van der Waals surface area contributed by atoms with Gasteiger partial charge < -0.3 is 19.1 Å². The van der Waals surface area contributed by atoms with Crippen LogP contribution in [0.4, 0.5) is 0 Å². The third-order valence-electron chi connectivity index (χ3n) is 8.77. The van der Waals surface area contributed by atoms with E-state index in [-0.39, 0.29) is 52.9 Å². The third kappa shape index (κ3) is 2.88. The predicted octanol–water partition coefficient (Wildman–Crippen LogP) is 2.79. The first-order valence-electron chi connectivity index (χ1n) is 11.7. The fourth-order valence-corrected chi connectivity index (χ4v) is 7.39. The Kier molecular flexibility index (Phi) is 4.74. The van der Waals surface area contributed by atoms with E-state index < -0.39 is 0 Å². The molecule has 0 aromatic carbocycles. The van der Waals surface area contributed by atoms with E-state index in [1.807, 2.05) is 6.92 Å². The fourth-order valence-electron chi connectivity index (χ4n) is 7.39. The van der Waals surface area contributed by atoms with Crippen LogP contribution in [0.15, 0.2) is 0 Å². The highest BCUT2D eigenvalue weighted by Crippen LogP contribution is 2.70. The molecule has 0 aromatic rings. The molecule has 3 aliphatic heterocycles. The van der Waals surface area contributed by atoms with E-state index in [9.17, 15) is 9.59 Å². The van der Waals surface area contributed by atoms with Crippen molar-refractivity contribution in [3.05, 3.63) is 0 Å². The maximum atomic E-state index is 12.9. The van der Waals surface area contributed by atoms with Gasteiger partial charge in [0.25, 0.3) is 0 Å². The minimum Gasteiger partial charge on any atom is -0.466 e. The van der Waals surface area contributed by atoms with Gasteiger partial charge in [-0.25, -0.2) is 0 Å². The van der Waals surface area contributed by atoms with Crippen molar-refractivity contribution in [2.75, 3.05) is 26.2 Å². The van der Waals surface area contributed by atoms with Gasteiger partial charge in [-0.05, 0) is 51.5 Å². The average molecular weight is 406 g/mol. The first-order valence-corrected chi connectivity index (χ1v) is 11.7. The summed E-state index contributed by atoms with van der Waals surface area (Å²) in [4.78, 5) is 27.4. The van der Waals surface area contributed by atoms with Crippen molar-refractivity contribution >= 4 is 11.9 Å². The van der Waals surface area contributed by atoms with Crippen LogP contribution < -0.4 is 0 Å². The van der Waals surface area contributed by atoms with E-state index in [1.54, 1.807) is 0 Å². The van der Waals surface area contributed by atoms with Crippen molar-refractivity contribution in [1.29, 1.82) is 0 Å². The molecule has 162 valence electrons. The maximum absolute atomic E-state index is 12.9. The Labute approximate surface area is 173 Å². The van der Waals surface area contributed by atoms with Crippen molar-refractivity contribution < 1.29 is 23.8 Å². The van der Waals surface area contributed by atoms with Gasteiger partial charge in [0.15, 0.2) is 0 Å². The molecule has 2 saturated carbocycles. The van der Waals surface area contributed by atoms with Gasteiger partial charge in [0.05, 0.1) is 24.5 Å². The minimum atomic E-state index is -0.135. The average Bonchev–Trinajstić information content (AvgIpc) is 3.37. The molecule has 29 heavy (non-hydrogen) atoms. The summed E-state index contributed by atoms with van der Waals surface area (Å²) in [5.41, 5.74) is 0.0831. The summed E-state index contributed by atoms with van der Waals surface area (Å²) in [6, 6.07) is 0. The first-order chi connectivity index (χ1) is 13.9. The number of esters is 2. The van der Waals surface area contributed by atoms with Crippen LogP contribution in [0.1, 0.15) is 59.3 Å². The molecular formula is C23H35NO5. The topological polar surface area (TPSA) is 68.4 Å². The van der Waals surface area contributed by atoms with Crippen LogP contribution in [0.3, 0.4) is 0 Å². The molecule has 6 heteroatoms. The highest BCUT2D eigenvalue weighted by molar-refractivity contribution is 5.76. The zero-order valence-electron chi connectivity index (χ0n) is 18.0. The second-order valence-corrected chi connectivity index (χ2v) is 10.4. The molecule has 1 spiro atoms. The number of carbonyl (C=O) groups excluding carboxylic acids is 2. The normalized spacial score (nSPS) is 48.9. The summed E-state index contributed by atoms with van der Waals surface area (Å²) in [6.45, 7) is 9.25. The number of ether oxygens (including phenoxy) is 3. The number of piperidine rings is 1. The van der Waals surface area contributed by atoms with Crippen molar-refractivity contribution in [2.45, 2.75) is 77.1 Å². The van der Waals surface area contributed by atoms with Crippen LogP contribution in [0.2, 0.25) is 0 Å². The van der Waals surface area contributed by atoms with Gasteiger partial charge in [-0.3, -0.25) is 9.59 Å². The van der Waals surface area contributed by atoms with Crippen LogP contribution in [0, 0.1) is 29.1 Å². The number of hydrogen-bond donors (Lipinski definition) is 0. The van der Waals surface area contributed by atoms with Gasteiger partial charge in [-0.2, -0.15) is 0 Å². The molecule has 0 N–H and O–H groups in total. The minimum absolute atomic E-state index is 0.00549. The summed E-state index contributed by atoms with van der Waals surface area (Å²) in [5, 5.41) is 0. The highest BCUT2D eigenvalue weighted by atomic mass is 16.6. The molecule has 3 heterocycles. The summed E-state index contributed by atoms with van der Waals surface area (Å²) in [5.74, 6) is 0.347. The van der Waals surface area contributed by atoms with Crippen LogP contribution >= 0.6 is 0 Å². The first kappa shape index (κ1) is 19.8. The van der Waals surface area contributed by atoms with Gasteiger partial charge >= 0.3 is 11.9 Å². The van der Waals surface area contributed by atoms with Crippen LogP contribution in [-0.4, -0.2) is 60.9 Å². The molecule has 0 amide bonds. The van der Waals surface area contributed by atoms with Gasteiger partial charge in [0, 0.05) is 24.4 Å². The molecule has 2 aliphatic carbocycles. The van der Waals surface area contributed by atoms with E-state index in [0.29, 0.717) is 25.6 Å². The van der Waals surface area contributed by atoms with E-state index in [0.717, 1.165) is 25.8 Å². The lowest BCUT2D eigenvalue weighted by molar-refractivity contribution is -0.150. The second kappa shape index (κ2) is 6.94. The van der Waals surface area contributed by atoms with E-state index >= 15 is 0 Å². The van der Waals surface area contributed by atoms with Crippen LogP contribution in [0.5, 0.6) is 0 Å². The molecule has 0 aromatic heterocycles. The van der Waals surface area contributed by atoms with Gasteiger partial charge in [0.1, 0.15) is 11.7 Å². The molecule has 0 bridgehead atoms. The lowest BCUT2D eigenvalue weighted by Gasteiger charge is -2.49. The van der Waals surface area contributed by atoms with E-state index in [4.69, 9.17) is 14.2 Å². The van der Waals surface area contributed by atoms with Gasteiger partial charge in [0.2, 0.25) is 0 Å². The Hall–Kier alpha value is -1.14. The molecule has 5 fully saturated rings. The Morgan fingerprint density at radius 1 is 1.31 bits per heavy atom. The number of rotatable bonds is 4. The smallest absolute Gasteiger partial charge is 0.311 e. The zero-order chi connectivity index (χ0) is 20.4. The lowest BCUT2D eigenvalue weighted by Crippen LogP contribution is -2.55. The van der Waals surface area contributed by atoms with Crippen LogP contribution in [0.25, 0.3) is 0 Å². The molecule has 8 atom stereocenters. The summed E-state index contributed by atoms with van der Waals surface area (Å²) in [6.07, 6.45) is 6.57. The van der Waals surface area contributed by atoms with Gasteiger partial charge in [-0.15, -0.1) is 0 Å². The quantitative estimate of drug-likeness (QED) is 0.529. The molecule has 3 saturated heterocycles. The lowest BCUT2D eigenvalue weighted by atomic mass is 9.53. The Bertz CT molecular complexity index is 697. The highest BCUT2D eigenvalue weighted by Gasteiger charge is 2.78. The zero-order valence-corrected chi connectivity index (χ0v) is 18.0. The largest absolute Gasteiger partial charge is 0.466 e. The Morgan fingerprint density at radius 2 is 2.14 bits per heavy atom. The third-order valence-corrected chi connectivity index (χ3v) is 8.77. The second-order valence-electron chi connectivity index (χ2n) is 10.4. The summed E-state index contributed by atoms with van der Waals surface area (Å²) >= 11 is 0. The van der Waals surface area contributed by atoms with Crippen molar-refractivity contribution in [1.82, 2.24) is 4.90 Å². The fraction of sp³-hybridized carbons (Fsp3) is 0.913. The number of nitrogens with zero attached hydrogens (tertiary/aromatic N) is 1. The number of likely N-dealkylation sites (tertiary alicyclic amines) is 1. The molecule has 0 radical (unpaired) electrons.